The minimum atomic E-state index is -0.612. The van der Waals surface area contributed by atoms with Crippen LogP contribution in [0.4, 0.5) is 4.39 Å². The molecule has 0 bridgehead atoms. The van der Waals surface area contributed by atoms with Gasteiger partial charge in [-0.3, -0.25) is 0 Å². The monoisotopic (exact) mass is 233 g/mol. The smallest absolute Gasteiger partial charge is 0.132 e. The van der Waals surface area contributed by atoms with Gasteiger partial charge in [0.25, 0.3) is 0 Å². The third-order valence-corrected chi connectivity index (χ3v) is 2.47. The Balaban J connectivity index is 2.08. The van der Waals surface area contributed by atoms with Crippen LogP contribution in [0.2, 0.25) is 0 Å². The van der Waals surface area contributed by atoms with Crippen LogP contribution in [0.25, 0.3) is 6.08 Å². The van der Waals surface area contributed by atoms with E-state index >= 15 is 0 Å². The molecule has 1 atom stereocenters. The molecular weight excluding hydrogens is 221 g/mol. The van der Waals surface area contributed by atoms with E-state index in [0.29, 0.717) is 24.3 Å². The van der Waals surface area contributed by atoms with Gasteiger partial charge in [-0.1, -0.05) is 12.1 Å². The van der Waals surface area contributed by atoms with Gasteiger partial charge in [0, 0.05) is 0 Å². The number of hydrogen-bond donors (Lipinski definition) is 0. The highest BCUT2D eigenvalue weighted by molar-refractivity contribution is 5.53. The lowest BCUT2D eigenvalue weighted by Gasteiger charge is -2.21. The van der Waals surface area contributed by atoms with Gasteiger partial charge in [0.1, 0.15) is 11.9 Å². The lowest BCUT2D eigenvalue weighted by atomic mass is 10.1. The summed E-state index contributed by atoms with van der Waals surface area (Å²) >= 11 is 0. The Morgan fingerprint density at radius 3 is 2.71 bits per heavy atom. The van der Waals surface area contributed by atoms with E-state index < -0.39 is 6.10 Å². The van der Waals surface area contributed by atoms with E-state index in [1.807, 2.05) is 6.07 Å². The molecule has 1 saturated heterocycles. The molecule has 0 saturated carbocycles. The van der Waals surface area contributed by atoms with Crippen LogP contribution in [0.3, 0.4) is 0 Å². The predicted molar refractivity (Wildman–Crippen MR) is 60.8 cm³/mol. The number of nitrogens with zero attached hydrogens (tertiary/aromatic N) is 1. The molecule has 3 nitrogen and oxygen atoms in total. The summed E-state index contributed by atoms with van der Waals surface area (Å²) in [6.45, 7) is 1.18. The van der Waals surface area contributed by atoms with Gasteiger partial charge in [-0.2, -0.15) is 5.26 Å². The summed E-state index contributed by atoms with van der Waals surface area (Å²) in [5, 5.41) is 8.64. The van der Waals surface area contributed by atoms with Gasteiger partial charge in [0.2, 0.25) is 0 Å². The van der Waals surface area contributed by atoms with E-state index in [1.165, 1.54) is 6.08 Å². The molecule has 88 valence electrons. The standard InChI is InChI=1S/C13H12FNO2/c14-12(13-9-16-5-6-17-13)7-10-1-3-11(8-15)4-2-10/h1-4,7,13H,5-6,9H2/b12-7-. The van der Waals surface area contributed by atoms with Crippen molar-refractivity contribution in [3.05, 3.63) is 41.2 Å². The molecule has 1 heterocycles. The van der Waals surface area contributed by atoms with Gasteiger partial charge >= 0.3 is 0 Å². The van der Waals surface area contributed by atoms with Crippen LogP contribution >= 0.6 is 0 Å². The Morgan fingerprint density at radius 2 is 2.12 bits per heavy atom. The lowest BCUT2D eigenvalue weighted by molar-refractivity contribution is -0.0788. The van der Waals surface area contributed by atoms with E-state index in [0.717, 1.165) is 0 Å². The molecule has 17 heavy (non-hydrogen) atoms. The van der Waals surface area contributed by atoms with E-state index in [4.69, 9.17) is 14.7 Å². The van der Waals surface area contributed by atoms with Gasteiger partial charge in [-0.15, -0.1) is 0 Å². The molecule has 1 aliphatic heterocycles. The topological polar surface area (TPSA) is 42.2 Å². The lowest BCUT2D eigenvalue weighted by Crippen LogP contribution is -2.28. The molecule has 0 amide bonds. The largest absolute Gasteiger partial charge is 0.376 e. The summed E-state index contributed by atoms with van der Waals surface area (Å²) in [7, 11) is 0. The van der Waals surface area contributed by atoms with Crippen molar-refractivity contribution in [2.45, 2.75) is 6.10 Å². The Bertz CT molecular complexity index is 441. The van der Waals surface area contributed by atoms with Crippen LogP contribution in [-0.2, 0) is 9.47 Å². The summed E-state index contributed by atoms with van der Waals surface area (Å²) in [4.78, 5) is 0. The first kappa shape index (κ1) is 11.8. The normalized spacial score (nSPS) is 20.9. The van der Waals surface area contributed by atoms with Crippen molar-refractivity contribution in [3.63, 3.8) is 0 Å². The molecule has 2 rings (SSSR count). The molecule has 0 N–H and O–H groups in total. The molecule has 0 spiro atoms. The highest BCUT2D eigenvalue weighted by Crippen LogP contribution is 2.17. The van der Waals surface area contributed by atoms with Crippen molar-refractivity contribution >= 4 is 6.08 Å². The maximum absolute atomic E-state index is 13.7. The second kappa shape index (κ2) is 5.58. The molecule has 1 aliphatic rings. The third kappa shape index (κ3) is 3.13. The van der Waals surface area contributed by atoms with Crippen molar-refractivity contribution in [2.24, 2.45) is 0 Å². The summed E-state index contributed by atoms with van der Waals surface area (Å²) in [5.74, 6) is -0.352. The van der Waals surface area contributed by atoms with Crippen LogP contribution in [0.1, 0.15) is 11.1 Å². The van der Waals surface area contributed by atoms with Crippen LogP contribution < -0.4 is 0 Å². The summed E-state index contributed by atoms with van der Waals surface area (Å²) in [5.41, 5.74) is 1.26. The quantitative estimate of drug-likeness (QED) is 0.787. The van der Waals surface area contributed by atoms with Crippen LogP contribution in [0.5, 0.6) is 0 Å². The van der Waals surface area contributed by atoms with Crippen LogP contribution in [-0.4, -0.2) is 25.9 Å². The highest BCUT2D eigenvalue weighted by Gasteiger charge is 2.18. The zero-order valence-corrected chi connectivity index (χ0v) is 9.23. The second-order valence-corrected chi connectivity index (χ2v) is 3.70. The second-order valence-electron chi connectivity index (χ2n) is 3.70. The van der Waals surface area contributed by atoms with Crippen LogP contribution in [0.15, 0.2) is 30.1 Å². The average Bonchev–Trinajstić information content (AvgIpc) is 2.40. The molecule has 1 fully saturated rings. The Labute approximate surface area is 99.1 Å². The summed E-state index contributed by atoms with van der Waals surface area (Å²) < 4.78 is 24.1. The first-order chi connectivity index (χ1) is 8.29. The molecule has 0 aromatic heterocycles. The molecule has 1 aromatic rings. The first-order valence-electron chi connectivity index (χ1n) is 5.36. The third-order valence-electron chi connectivity index (χ3n) is 2.47. The van der Waals surface area contributed by atoms with Crippen molar-refractivity contribution in [1.82, 2.24) is 0 Å². The van der Waals surface area contributed by atoms with Crippen molar-refractivity contribution < 1.29 is 13.9 Å². The number of hydrogen-bond acceptors (Lipinski definition) is 3. The SMILES string of the molecule is N#Cc1ccc(/C=C(\F)C2COCCO2)cc1. The van der Waals surface area contributed by atoms with Gasteiger partial charge in [0.05, 0.1) is 31.5 Å². The van der Waals surface area contributed by atoms with E-state index in [-0.39, 0.29) is 12.4 Å². The number of nitriles is 1. The maximum Gasteiger partial charge on any atom is 0.132 e. The molecule has 1 aromatic carbocycles. The van der Waals surface area contributed by atoms with Gasteiger partial charge < -0.3 is 9.47 Å². The Morgan fingerprint density at radius 1 is 1.35 bits per heavy atom. The molecule has 0 radical (unpaired) electrons. The number of halogens is 1. The first-order valence-corrected chi connectivity index (χ1v) is 5.36. The van der Waals surface area contributed by atoms with Gasteiger partial charge in [-0.25, -0.2) is 4.39 Å². The number of benzene rings is 1. The zero-order chi connectivity index (χ0) is 12.1. The van der Waals surface area contributed by atoms with E-state index in [2.05, 4.69) is 0 Å². The average molecular weight is 233 g/mol. The van der Waals surface area contributed by atoms with Crippen LogP contribution in [0, 0.1) is 11.3 Å². The fourth-order valence-electron chi connectivity index (χ4n) is 1.55. The van der Waals surface area contributed by atoms with E-state index in [1.54, 1.807) is 24.3 Å². The number of ether oxygens (including phenoxy) is 2. The molecule has 0 aliphatic carbocycles. The van der Waals surface area contributed by atoms with E-state index in [9.17, 15) is 4.39 Å². The minimum Gasteiger partial charge on any atom is -0.376 e. The molecule has 4 heteroatoms. The van der Waals surface area contributed by atoms with Gasteiger partial charge in [0.15, 0.2) is 0 Å². The van der Waals surface area contributed by atoms with Crippen molar-refractivity contribution in [2.75, 3.05) is 19.8 Å². The fourth-order valence-corrected chi connectivity index (χ4v) is 1.55. The maximum atomic E-state index is 13.7. The Hall–Kier alpha value is -1.70. The number of rotatable bonds is 2. The van der Waals surface area contributed by atoms with Crippen molar-refractivity contribution in [1.29, 1.82) is 5.26 Å². The summed E-state index contributed by atoms with van der Waals surface area (Å²) in [6, 6.07) is 8.70. The Kier molecular flexibility index (Phi) is 3.86. The predicted octanol–water partition coefficient (Wildman–Crippen LogP) is 2.28. The summed E-state index contributed by atoms with van der Waals surface area (Å²) in [6.07, 6.45) is 0.792. The minimum absolute atomic E-state index is 0.249. The zero-order valence-electron chi connectivity index (χ0n) is 9.23. The van der Waals surface area contributed by atoms with Gasteiger partial charge in [-0.05, 0) is 23.8 Å². The molecular formula is C13H12FNO2. The highest BCUT2D eigenvalue weighted by atomic mass is 19.1. The molecule has 1 unspecified atom stereocenters. The van der Waals surface area contributed by atoms with Crippen molar-refractivity contribution in [3.8, 4) is 6.07 Å². The fraction of sp³-hybridized carbons (Fsp3) is 0.308.